The van der Waals surface area contributed by atoms with Crippen molar-refractivity contribution in [3.05, 3.63) is 29.8 Å². The van der Waals surface area contributed by atoms with Crippen molar-refractivity contribution >= 4 is 11.8 Å². The van der Waals surface area contributed by atoms with Gasteiger partial charge in [-0.15, -0.1) is 11.8 Å². The van der Waals surface area contributed by atoms with Crippen molar-refractivity contribution in [1.29, 1.82) is 0 Å². The van der Waals surface area contributed by atoms with Gasteiger partial charge in [0.1, 0.15) is 0 Å². The van der Waals surface area contributed by atoms with E-state index in [-0.39, 0.29) is 6.04 Å². The van der Waals surface area contributed by atoms with Crippen LogP contribution in [-0.2, 0) is 0 Å². The predicted octanol–water partition coefficient (Wildman–Crippen LogP) is 2.41. The lowest BCUT2D eigenvalue weighted by Gasteiger charge is -2.18. The third kappa shape index (κ3) is 2.78. The zero-order valence-corrected chi connectivity index (χ0v) is 10.6. The first kappa shape index (κ1) is 12.0. The molecule has 3 N–H and O–H groups in total. The van der Waals surface area contributed by atoms with Gasteiger partial charge >= 0.3 is 0 Å². The molecule has 1 fully saturated rings. The zero-order chi connectivity index (χ0) is 11.4. The maximum absolute atomic E-state index is 6.28. The van der Waals surface area contributed by atoms with Crippen LogP contribution in [0.1, 0.15) is 24.9 Å². The molecule has 1 aliphatic rings. The minimum Gasteiger partial charge on any atom is -0.324 e. The summed E-state index contributed by atoms with van der Waals surface area (Å²) < 4.78 is 0. The lowest BCUT2D eigenvalue weighted by molar-refractivity contribution is 0.470. The van der Waals surface area contributed by atoms with Crippen molar-refractivity contribution < 1.29 is 0 Å². The second-order valence-corrected chi connectivity index (χ2v) is 5.62. The average molecular weight is 236 g/mol. The summed E-state index contributed by atoms with van der Waals surface area (Å²) >= 11 is 1.87. The summed E-state index contributed by atoms with van der Waals surface area (Å²) in [4.78, 5) is 1.34. The maximum atomic E-state index is 6.28. The lowest BCUT2D eigenvalue weighted by atomic mass is 9.93. The van der Waals surface area contributed by atoms with E-state index in [0.29, 0.717) is 5.92 Å². The van der Waals surface area contributed by atoms with E-state index in [9.17, 15) is 0 Å². The molecule has 0 bridgehead atoms. The molecule has 1 heterocycles. The van der Waals surface area contributed by atoms with E-state index in [2.05, 4.69) is 36.5 Å². The molecule has 0 radical (unpaired) electrons. The highest BCUT2D eigenvalue weighted by atomic mass is 32.2. The van der Waals surface area contributed by atoms with E-state index in [1.807, 2.05) is 11.8 Å². The Morgan fingerprint density at radius 3 is 2.75 bits per heavy atom. The second kappa shape index (κ2) is 5.71. The summed E-state index contributed by atoms with van der Waals surface area (Å²) in [5.41, 5.74) is 7.55. The molecule has 16 heavy (non-hydrogen) atoms. The number of thioether (sulfide) groups is 1. The average Bonchev–Trinajstić information content (AvgIpc) is 2.83. The lowest BCUT2D eigenvalue weighted by Crippen LogP contribution is -2.23. The fourth-order valence-electron chi connectivity index (χ4n) is 2.21. The van der Waals surface area contributed by atoms with E-state index < -0.39 is 0 Å². The smallest absolute Gasteiger partial charge is 0.0336 e. The molecule has 0 saturated carbocycles. The molecule has 1 saturated heterocycles. The van der Waals surface area contributed by atoms with Gasteiger partial charge in [-0.2, -0.15) is 0 Å². The van der Waals surface area contributed by atoms with Crippen molar-refractivity contribution in [3.8, 4) is 0 Å². The van der Waals surface area contributed by atoms with Gasteiger partial charge in [0.15, 0.2) is 0 Å². The summed E-state index contributed by atoms with van der Waals surface area (Å²) in [5.74, 6) is 1.72. The largest absolute Gasteiger partial charge is 0.324 e. The molecule has 2 nitrogen and oxygen atoms in total. The van der Waals surface area contributed by atoms with Crippen LogP contribution in [0.5, 0.6) is 0 Å². The van der Waals surface area contributed by atoms with Gasteiger partial charge in [-0.25, -0.2) is 0 Å². The van der Waals surface area contributed by atoms with E-state index in [1.54, 1.807) is 0 Å². The van der Waals surface area contributed by atoms with E-state index in [1.165, 1.54) is 16.9 Å². The van der Waals surface area contributed by atoms with Gasteiger partial charge in [0, 0.05) is 10.9 Å². The number of nitrogens with two attached hydrogens (primary N) is 1. The SMILES string of the molecule is CCSc1ccc(C(N)C2CCNC2)cc1. The third-order valence-corrected chi connectivity index (χ3v) is 4.08. The van der Waals surface area contributed by atoms with E-state index in [0.717, 1.165) is 18.8 Å². The topological polar surface area (TPSA) is 38.0 Å². The van der Waals surface area contributed by atoms with Crippen molar-refractivity contribution in [2.24, 2.45) is 11.7 Å². The molecule has 0 amide bonds. The van der Waals surface area contributed by atoms with E-state index >= 15 is 0 Å². The monoisotopic (exact) mass is 236 g/mol. The first-order valence-corrected chi connectivity index (χ1v) is 6.99. The highest BCUT2D eigenvalue weighted by Gasteiger charge is 2.22. The molecule has 0 aliphatic carbocycles. The minimum absolute atomic E-state index is 0.190. The fraction of sp³-hybridized carbons (Fsp3) is 0.538. The van der Waals surface area contributed by atoms with E-state index in [4.69, 9.17) is 5.73 Å². The van der Waals surface area contributed by atoms with Crippen LogP contribution in [0.15, 0.2) is 29.2 Å². The number of nitrogens with one attached hydrogen (secondary N) is 1. The molecular weight excluding hydrogens is 216 g/mol. The molecule has 88 valence electrons. The number of rotatable bonds is 4. The van der Waals surface area contributed by atoms with Crippen LogP contribution < -0.4 is 11.1 Å². The highest BCUT2D eigenvalue weighted by Crippen LogP contribution is 2.26. The molecule has 2 unspecified atom stereocenters. The van der Waals surface area contributed by atoms with Crippen LogP contribution in [0.2, 0.25) is 0 Å². The number of hydrogen-bond acceptors (Lipinski definition) is 3. The van der Waals surface area contributed by atoms with Gasteiger partial charge in [0.05, 0.1) is 0 Å². The zero-order valence-electron chi connectivity index (χ0n) is 9.78. The number of hydrogen-bond donors (Lipinski definition) is 2. The maximum Gasteiger partial charge on any atom is 0.0336 e. The van der Waals surface area contributed by atoms with Gasteiger partial charge < -0.3 is 11.1 Å². The van der Waals surface area contributed by atoms with Gasteiger partial charge in [0.2, 0.25) is 0 Å². The molecule has 1 aromatic carbocycles. The summed E-state index contributed by atoms with van der Waals surface area (Å²) in [7, 11) is 0. The molecule has 1 aliphatic heterocycles. The molecule has 0 spiro atoms. The van der Waals surface area contributed by atoms with Crippen LogP contribution >= 0.6 is 11.8 Å². The Bertz CT molecular complexity index is 317. The molecule has 3 heteroatoms. The molecule has 2 atom stereocenters. The van der Waals surface area contributed by atoms with Crippen LogP contribution in [0, 0.1) is 5.92 Å². The Kier molecular flexibility index (Phi) is 4.27. The van der Waals surface area contributed by atoms with Crippen molar-refractivity contribution in [1.82, 2.24) is 5.32 Å². The molecular formula is C13H20N2S. The van der Waals surface area contributed by atoms with Crippen molar-refractivity contribution in [2.75, 3.05) is 18.8 Å². The molecule has 0 aromatic heterocycles. The van der Waals surface area contributed by atoms with Gasteiger partial charge in [-0.3, -0.25) is 0 Å². The summed E-state index contributed by atoms with van der Waals surface area (Å²) in [6.45, 7) is 4.35. The Morgan fingerprint density at radius 1 is 1.44 bits per heavy atom. The van der Waals surface area contributed by atoms with Gasteiger partial charge in [-0.1, -0.05) is 19.1 Å². The Morgan fingerprint density at radius 2 is 2.19 bits per heavy atom. The van der Waals surface area contributed by atoms with Gasteiger partial charge in [0.25, 0.3) is 0 Å². The Balaban J connectivity index is 2.02. The summed E-state index contributed by atoms with van der Waals surface area (Å²) in [6, 6.07) is 8.93. The third-order valence-electron chi connectivity index (χ3n) is 3.18. The highest BCUT2D eigenvalue weighted by molar-refractivity contribution is 7.99. The summed E-state index contributed by atoms with van der Waals surface area (Å²) in [6.07, 6.45) is 1.20. The number of benzene rings is 1. The summed E-state index contributed by atoms with van der Waals surface area (Å²) in [5, 5.41) is 3.37. The minimum atomic E-state index is 0.190. The van der Waals surface area contributed by atoms with Crippen LogP contribution in [-0.4, -0.2) is 18.8 Å². The van der Waals surface area contributed by atoms with Crippen molar-refractivity contribution in [2.45, 2.75) is 24.3 Å². The quantitative estimate of drug-likeness (QED) is 0.788. The van der Waals surface area contributed by atoms with Crippen LogP contribution in [0.25, 0.3) is 0 Å². The normalized spacial score (nSPS) is 22.2. The van der Waals surface area contributed by atoms with Crippen LogP contribution in [0.3, 0.4) is 0 Å². The first-order chi connectivity index (χ1) is 7.81. The molecule has 1 aromatic rings. The molecule has 2 rings (SSSR count). The standard InChI is InChI=1S/C13H20N2S/c1-2-16-12-5-3-10(4-6-12)13(14)11-7-8-15-9-11/h3-6,11,13,15H,2,7-9,14H2,1H3. The van der Waals surface area contributed by atoms with Gasteiger partial charge in [-0.05, 0) is 48.9 Å². The van der Waals surface area contributed by atoms with Crippen molar-refractivity contribution in [3.63, 3.8) is 0 Å². The fourth-order valence-corrected chi connectivity index (χ4v) is 2.87. The second-order valence-electron chi connectivity index (χ2n) is 4.28. The Labute approximate surface area is 102 Å². The Hall–Kier alpha value is -0.510. The predicted molar refractivity (Wildman–Crippen MR) is 70.7 cm³/mol. The van der Waals surface area contributed by atoms with Crippen LogP contribution in [0.4, 0.5) is 0 Å². The first-order valence-electron chi connectivity index (χ1n) is 6.00.